The van der Waals surface area contributed by atoms with Gasteiger partial charge in [-0.3, -0.25) is 0 Å². The van der Waals surface area contributed by atoms with Crippen molar-refractivity contribution in [2.75, 3.05) is 26.3 Å². The average molecular weight is 323 g/mol. The molecule has 0 N–H and O–H groups in total. The molecule has 3 rings (SSSR count). The molecule has 3 nitrogen and oxygen atoms in total. The lowest BCUT2D eigenvalue weighted by Crippen LogP contribution is -2.42. The van der Waals surface area contributed by atoms with Crippen molar-refractivity contribution in [1.82, 2.24) is 4.90 Å². The highest BCUT2D eigenvalue weighted by Gasteiger charge is 2.31. The minimum absolute atomic E-state index is 0.158. The molecule has 1 aliphatic carbocycles. The number of aliphatic imine (C=N–C) groups is 1. The number of fused-ring (bicyclic) bond motifs is 2. The zero-order valence-electron chi connectivity index (χ0n) is 11.2. The summed E-state index contributed by atoms with van der Waals surface area (Å²) in [7, 11) is 0. The van der Waals surface area contributed by atoms with Crippen LogP contribution < -0.4 is 0 Å². The summed E-state index contributed by atoms with van der Waals surface area (Å²) >= 11 is 3.65. The number of nitrogens with zero attached hydrogens (tertiary/aromatic N) is 2. The van der Waals surface area contributed by atoms with Gasteiger partial charge in [-0.05, 0) is 33.3 Å². The molecule has 1 unspecified atom stereocenters. The molecule has 2 aliphatic heterocycles. The molecule has 19 heavy (non-hydrogen) atoms. The molecule has 0 aromatic heterocycles. The van der Waals surface area contributed by atoms with Crippen LogP contribution in [-0.4, -0.2) is 37.0 Å². The number of rotatable bonds is 0. The van der Waals surface area contributed by atoms with Gasteiger partial charge in [-0.1, -0.05) is 31.2 Å². The maximum Gasteiger partial charge on any atom is 0.111 e. The van der Waals surface area contributed by atoms with E-state index in [1.807, 2.05) is 0 Å². The molecule has 2 bridgehead atoms. The van der Waals surface area contributed by atoms with E-state index in [2.05, 4.69) is 52.1 Å². The van der Waals surface area contributed by atoms with Gasteiger partial charge in [0.25, 0.3) is 0 Å². The van der Waals surface area contributed by atoms with Crippen molar-refractivity contribution in [2.24, 2.45) is 10.4 Å². The Labute approximate surface area is 122 Å². The first-order chi connectivity index (χ1) is 9.16. The lowest BCUT2D eigenvalue weighted by molar-refractivity contribution is 0.0665. The fraction of sp³-hybridized carbons (Fsp3) is 0.533. The minimum Gasteiger partial charge on any atom is -0.378 e. The number of ether oxygens (including phenoxy) is 1. The second kappa shape index (κ2) is 5.25. The Balaban J connectivity index is 1.95. The zero-order chi connectivity index (χ0) is 13.3. The molecule has 3 aliphatic rings. The number of morpholine rings is 1. The highest BCUT2D eigenvalue weighted by molar-refractivity contribution is 9.11. The van der Waals surface area contributed by atoms with Crippen LogP contribution in [0.25, 0.3) is 0 Å². The van der Waals surface area contributed by atoms with Crippen molar-refractivity contribution in [3.63, 3.8) is 0 Å². The van der Waals surface area contributed by atoms with Gasteiger partial charge in [-0.2, -0.15) is 0 Å². The summed E-state index contributed by atoms with van der Waals surface area (Å²) in [6.07, 6.45) is 10.8. The van der Waals surface area contributed by atoms with Crippen LogP contribution in [0.3, 0.4) is 0 Å². The van der Waals surface area contributed by atoms with Gasteiger partial charge >= 0.3 is 0 Å². The molecule has 0 amide bonds. The Hall–Kier alpha value is -0.870. The van der Waals surface area contributed by atoms with E-state index in [-0.39, 0.29) is 5.41 Å². The van der Waals surface area contributed by atoms with Gasteiger partial charge in [-0.25, -0.2) is 4.99 Å². The van der Waals surface area contributed by atoms with E-state index in [9.17, 15) is 0 Å². The zero-order valence-corrected chi connectivity index (χ0v) is 12.8. The van der Waals surface area contributed by atoms with Crippen molar-refractivity contribution in [3.8, 4) is 0 Å². The molecule has 1 atom stereocenters. The van der Waals surface area contributed by atoms with Crippen molar-refractivity contribution in [2.45, 2.75) is 19.8 Å². The first kappa shape index (κ1) is 13.1. The highest BCUT2D eigenvalue weighted by Crippen LogP contribution is 2.39. The Morgan fingerprint density at radius 2 is 2.05 bits per heavy atom. The van der Waals surface area contributed by atoms with Crippen molar-refractivity contribution >= 4 is 21.8 Å². The third-order valence-corrected chi connectivity index (χ3v) is 4.62. The fourth-order valence-corrected chi connectivity index (χ4v) is 3.34. The quantitative estimate of drug-likeness (QED) is 0.639. The molecule has 0 aromatic carbocycles. The van der Waals surface area contributed by atoms with Crippen LogP contribution in [0.1, 0.15) is 19.8 Å². The van der Waals surface area contributed by atoms with E-state index in [0.29, 0.717) is 0 Å². The fourth-order valence-electron chi connectivity index (χ4n) is 2.87. The second-order valence-corrected chi connectivity index (χ2v) is 6.42. The molecular formula is C15H19BrN2O. The predicted molar refractivity (Wildman–Crippen MR) is 81.4 cm³/mol. The first-order valence-electron chi connectivity index (χ1n) is 6.81. The van der Waals surface area contributed by atoms with E-state index >= 15 is 0 Å². The molecule has 102 valence electrons. The Morgan fingerprint density at radius 3 is 2.84 bits per heavy atom. The van der Waals surface area contributed by atoms with E-state index in [0.717, 1.165) is 43.8 Å². The minimum atomic E-state index is 0.158. The topological polar surface area (TPSA) is 24.8 Å². The van der Waals surface area contributed by atoms with Gasteiger partial charge in [-0.15, -0.1) is 0 Å². The van der Waals surface area contributed by atoms with Gasteiger partial charge < -0.3 is 9.64 Å². The van der Waals surface area contributed by atoms with Gasteiger partial charge in [0.1, 0.15) is 10.4 Å². The normalized spacial score (nSPS) is 31.1. The number of halogens is 1. The first-order valence-corrected chi connectivity index (χ1v) is 7.60. The van der Waals surface area contributed by atoms with Gasteiger partial charge in [0, 0.05) is 19.5 Å². The standard InChI is InChI=1S/C15H19BrN2O/c1-15-5-3-2-4-12(10-15)14(16)17-13(11-15)18-6-8-19-9-7-18/h2-5H,6-11H2,1H3. The maximum absolute atomic E-state index is 5.43. The van der Waals surface area contributed by atoms with Gasteiger partial charge in [0.15, 0.2) is 0 Å². The van der Waals surface area contributed by atoms with Gasteiger partial charge in [0.2, 0.25) is 0 Å². The summed E-state index contributed by atoms with van der Waals surface area (Å²) in [6, 6.07) is 0. The molecule has 1 fully saturated rings. The van der Waals surface area contributed by atoms with E-state index in [4.69, 9.17) is 9.73 Å². The van der Waals surface area contributed by atoms with Crippen LogP contribution in [0.15, 0.2) is 39.5 Å². The molecule has 0 radical (unpaired) electrons. The van der Waals surface area contributed by atoms with Crippen LogP contribution in [-0.2, 0) is 4.74 Å². The lowest BCUT2D eigenvalue weighted by atomic mass is 9.81. The summed E-state index contributed by atoms with van der Waals surface area (Å²) in [5.41, 5.74) is 1.45. The van der Waals surface area contributed by atoms with Crippen LogP contribution >= 0.6 is 15.9 Å². The molecule has 0 saturated carbocycles. The summed E-state index contributed by atoms with van der Waals surface area (Å²) in [5, 5.41) is 0. The van der Waals surface area contributed by atoms with Crippen molar-refractivity contribution in [1.29, 1.82) is 0 Å². The van der Waals surface area contributed by atoms with E-state index in [1.165, 1.54) is 11.4 Å². The van der Waals surface area contributed by atoms with E-state index < -0.39 is 0 Å². The summed E-state index contributed by atoms with van der Waals surface area (Å²) in [5.74, 6) is 1.19. The Morgan fingerprint density at radius 1 is 1.26 bits per heavy atom. The highest BCUT2D eigenvalue weighted by atomic mass is 79.9. The SMILES string of the molecule is CC12C=CC=CC(=C(Br)N=C(N3CCOCC3)C1)C2. The largest absolute Gasteiger partial charge is 0.378 e. The molecule has 4 heteroatoms. The van der Waals surface area contributed by atoms with E-state index in [1.54, 1.807) is 0 Å². The molecule has 0 aromatic rings. The van der Waals surface area contributed by atoms with Crippen LogP contribution in [0.5, 0.6) is 0 Å². The monoisotopic (exact) mass is 322 g/mol. The Bertz CT molecular complexity index is 486. The average Bonchev–Trinajstić information content (AvgIpc) is 2.68. The second-order valence-electron chi connectivity index (χ2n) is 5.67. The maximum atomic E-state index is 5.43. The van der Waals surface area contributed by atoms with Crippen molar-refractivity contribution in [3.05, 3.63) is 34.5 Å². The summed E-state index contributed by atoms with van der Waals surface area (Å²) in [4.78, 5) is 7.19. The summed E-state index contributed by atoms with van der Waals surface area (Å²) in [6.45, 7) is 5.82. The molecular weight excluding hydrogens is 304 g/mol. The number of hydrogen-bond acceptors (Lipinski definition) is 3. The lowest BCUT2D eigenvalue weighted by Gasteiger charge is -2.33. The number of amidine groups is 1. The van der Waals surface area contributed by atoms with Crippen LogP contribution in [0, 0.1) is 5.41 Å². The number of hydrogen-bond donors (Lipinski definition) is 0. The summed E-state index contributed by atoms with van der Waals surface area (Å²) < 4.78 is 6.42. The third-order valence-electron chi connectivity index (χ3n) is 3.93. The molecule has 2 heterocycles. The molecule has 0 spiro atoms. The predicted octanol–water partition coefficient (Wildman–Crippen LogP) is 3.25. The molecule has 1 saturated heterocycles. The Kier molecular flexibility index (Phi) is 3.63. The third kappa shape index (κ3) is 2.84. The van der Waals surface area contributed by atoms with Crippen LogP contribution in [0.2, 0.25) is 0 Å². The van der Waals surface area contributed by atoms with Gasteiger partial charge in [0.05, 0.1) is 13.2 Å². The van der Waals surface area contributed by atoms with Crippen LogP contribution in [0.4, 0.5) is 0 Å². The van der Waals surface area contributed by atoms with Crippen molar-refractivity contribution < 1.29 is 4.74 Å². The smallest absolute Gasteiger partial charge is 0.111 e. The number of allylic oxidation sites excluding steroid dienone is 5.